The molecule has 82 valence electrons. The summed E-state index contributed by atoms with van der Waals surface area (Å²) in [6, 6.07) is 0. The second-order valence-electron chi connectivity index (χ2n) is 2.59. The minimum atomic E-state index is -0.903. The molecule has 0 bridgehead atoms. The van der Waals surface area contributed by atoms with E-state index in [2.05, 4.69) is 15.1 Å². The largest absolute Gasteiger partial charge is 0.348 e. The lowest BCUT2D eigenvalue weighted by atomic mass is 10.6. The van der Waals surface area contributed by atoms with Crippen LogP contribution in [0.2, 0.25) is 0 Å². The van der Waals surface area contributed by atoms with Crippen LogP contribution >= 0.6 is 11.3 Å². The molecule has 1 amide bonds. The Kier molecular flexibility index (Phi) is 3.98. The van der Waals surface area contributed by atoms with E-state index in [0.29, 0.717) is 5.01 Å². The summed E-state index contributed by atoms with van der Waals surface area (Å²) < 4.78 is 0. The van der Waals surface area contributed by atoms with Gasteiger partial charge in [0, 0.05) is 17.6 Å². The molecular formula is C7H9N3O4S. The van der Waals surface area contributed by atoms with E-state index in [4.69, 9.17) is 0 Å². The van der Waals surface area contributed by atoms with E-state index in [1.165, 1.54) is 11.3 Å². The Morgan fingerprint density at radius 1 is 1.80 bits per heavy atom. The molecular weight excluding hydrogens is 222 g/mol. The maximum atomic E-state index is 11.3. The summed E-state index contributed by atoms with van der Waals surface area (Å²) in [5.74, 6) is -0.347. The van der Waals surface area contributed by atoms with Gasteiger partial charge in [-0.2, -0.15) is 0 Å². The van der Waals surface area contributed by atoms with Crippen molar-refractivity contribution in [2.75, 3.05) is 13.2 Å². The number of rotatable bonds is 5. The van der Waals surface area contributed by atoms with E-state index in [0.717, 1.165) is 4.88 Å². The Labute approximate surface area is 89.2 Å². The molecule has 0 radical (unpaired) electrons. The number of amides is 1. The van der Waals surface area contributed by atoms with Gasteiger partial charge in [-0.1, -0.05) is 0 Å². The van der Waals surface area contributed by atoms with Crippen molar-refractivity contribution in [2.24, 2.45) is 0 Å². The highest BCUT2D eigenvalue weighted by Gasteiger charge is 2.08. The third kappa shape index (κ3) is 3.90. The summed E-state index contributed by atoms with van der Waals surface area (Å²) in [7, 11) is 0. The number of nitrogens with zero attached hydrogens (tertiary/aromatic N) is 2. The monoisotopic (exact) mass is 231 g/mol. The molecule has 8 heteroatoms. The van der Waals surface area contributed by atoms with Crippen LogP contribution < -0.4 is 5.32 Å². The van der Waals surface area contributed by atoms with Crippen molar-refractivity contribution in [2.45, 2.75) is 6.92 Å². The Bertz CT molecular complexity index is 365. The van der Waals surface area contributed by atoms with Crippen LogP contribution in [0.4, 0.5) is 0 Å². The number of hydrogen-bond acceptors (Lipinski definition) is 6. The van der Waals surface area contributed by atoms with Crippen molar-refractivity contribution in [3.63, 3.8) is 0 Å². The fourth-order valence-electron chi connectivity index (χ4n) is 0.820. The third-order valence-corrected chi connectivity index (χ3v) is 2.31. The third-order valence-electron chi connectivity index (χ3n) is 1.40. The second kappa shape index (κ2) is 5.25. The van der Waals surface area contributed by atoms with Crippen molar-refractivity contribution in [3.05, 3.63) is 26.2 Å². The molecule has 1 aromatic heterocycles. The van der Waals surface area contributed by atoms with Crippen molar-refractivity contribution < 1.29 is 14.7 Å². The van der Waals surface area contributed by atoms with Crippen LogP contribution in [0.15, 0.2) is 6.20 Å². The quantitative estimate of drug-likeness (QED) is 0.449. The summed E-state index contributed by atoms with van der Waals surface area (Å²) in [5, 5.41) is 11.7. The number of thiazole rings is 1. The number of hydrogen-bond donors (Lipinski definition) is 1. The molecule has 0 fully saturated rings. The first-order valence-electron chi connectivity index (χ1n) is 4.07. The first-order chi connectivity index (χ1) is 7.09. The van der Waals surface area contributed by atoms with Crippen molar-refractivity contribution in [3.8, 4) is 0 Å². The Morgan fingerprint density at radius 2 is 2.53 bits per heavy atom. The molecule has 1 rings (SSSR count). The van der Waals surface area contributed by atoms with Crippen LogP contribution in [-0.4, -0.2) is 29.1 Å². The zero-order valence-corrected chi connectivity index (χ0v) is 8.74. The predicted molar refractivity (Wildman–Crippen MR) is 52.1 cm³/mol. The molecule has 1 aromatic rings. The number of carbonyl (C=O) groups is 1. The average Bonchev–Trinajstić information content (AvgIpc) is 2.59. The van der Waals surface area contributed by atoms with Crippen LogP contribution in [0.25, 0.3) is 0 Å². The molecule has 0 aliphatic rings. The topological polar surface area (TPSA) is 94.4 Å². The molecule has 0 aliphatic carbocycles. The minimum Gasteiger partial charge on any atom is -0.348 e. The molecule has 1 heterocycles. The highest BCUT2D eigenvalue weighted by molar-refractivity contribution is 7.13. The zero-order chi connectivity index (χ0) is 11.3. The minimum absolute atomic E-state index is 0.0818. The van der Waals surface area contributed by atoms with Crippen molar-refractivity contribution in [1.29, 1.82) is 0 Å². The SMILES string of the molecule is Cc1cnc(C(=O)NCCO[N+](=O)[O-])s1. The zero-order valence-electron chi connectivity index (χ0n) is 7.93. The van der Waals surface area contributed by atoms with E-state index in [-0.39, 0.29) is 19.1 Å². The molecule has 0 aliphatic heterocycles. The second-order valence-corrected chi connectivity index (χ2v) is 3.82. The van der Waals surface area contributed by atoms with E-state index in [1.54, 1.807) is 6.20 Å². The molecule has 0 saturated heterocycles. The first kappa shape index (κ1) is 11.4. The number of aryl methyl sites for hydroxylation is 1. The first-order valence-corrected chi connectivity index (χ1v) is 4.89. The number of nitrogens with one attached hydrogen (secondary N) is 1. The normalized spacial score (nSPS) is 9.67. The van der Waals surface area contributed by atoms with E-state index < -0.39 is 5.09 Å². The molecule has 0 saturated carbocycles. The molecule has 0 aromatic carbocycles. The molecule has 1 N–H and O–H groups in total. The van der Waals surface area contributed by atoms with Gasteiger partial charge in [0.2, 0.25) is 0 Å². The van der Waals surface area contributed by atoms with Gasteiger partial charge in [0.05, 0.1) is 0 Å². The summed E-state index contributed by atoms with van der Waals surface area (Å²) >= 11 is 1.26. The van der Waals surface area contributed by atoms with Gasteiger partial charge in [-0.25, -0.2) is 4.98 Å². The van der Waals surface area contributed by atoms with Gasteiger partial charge in [-0.3, -0.25) is 4.79 Å². The van der Waals surface area contributed by atoms with Gasteiger partial charge < -0.3 is 10.2 Å². The Hall–Kier alpha value is -1.70. The van der Waals surface area contributed by atoms with Gasteiger partial charge >= 0.3 is 0 Å². The summed E-state index contributed by atoms with van der Waals surface area (Å²) in [4.78, 5) is 29.9. The molecule has 0 unspecified atom stereocenters. The van der Waals surface area contributed by atoms with E-state index in [9.17, 15) is 14.9 Å². The van der Waals surface area contributed by atoms with Crippen molar-refractivity contribution >= 4 is 17.2 Å². The number of aromatic nitrogens is 1. The van der Waals surface area contributed by atoms with E-state index >= 15 is 0 Å². The summed E-state index contributed by atoms with van der Waals surface area (Å²) in [6.07, 6.45) is 1.59. The van der Waals surface area contributed by atoms with Gasteiger partial charge in [0.15, 0.2) is 5.01 Å². The van der Waals surface area contributed by atoms with Crippen LogP contribution in [0.3, 0.4) is 0 Å². The predicted octanol–water partition coefficient (Wildman–Crippen LogP) is 0.390. The summed E-state index contributed by atoms with van der Waals surface area (Å²) in [6.45, 7) is 1.76. The van der Waals surface area contributed by atoms with E-state index in [1.807, 2.05) is 6.92 Å². The average molecular weight is 231 g/mol. The fraction of sp³-hybridized carbons (Fsp3) is 0.429. The fourth-order valence-corrected chi connectivity index (χ4v) is 1.50. The Balaban J connectivity index is 2.28. The Morgan fingerprint density at radius 3 is 3.07 bits per heavy atom. The van der Waals surface area contributed by atoms with Crippen LogP contribution in [0.5, 0.6) is 0 Å². The maximum Gasteiger partial charge on any atom is 0.294 e. The van der Waals surface area contributed by atoms with Gasteiger partial charge in [0.1, 0.15) is 6.61 Å². The highest BCUT2D eigenvalue weighted by atomic mass is 32.1. The molecule has 7 nitrogen and oxygen atoms in total. The van der Waals surface area contributed by atoms with Gasteiger partial charge in [-0.05, 0) is 6.92 Å². The van der Waals surface area contributed by atoms with Crippen molar-refractivity contribution in [1.82, 2.24) is 10.3 Å². The summed E-state index contributed by atoms with van der Waals surface area (Å²) in [5.41, 5.74) is 0. The highest BCUT2D eigenvalue weighted by Crippen LogP contribution is 2.10. The lowest BCUT2D eigenvalue weighted by molar-refractivity contribution is -0.757. The molecule has 0 atom stereocenters. The van der Waals surface area contributed by atoms with Crippen LogP contribution in [0, 0.1) is 17.0 Å². The lowest BCUT2D eigenvalue weighted by Gasteiger charge is -2.00. The maximum absolute atomic E-state index is 11.3. The van der Waals surface area contributed by atoms with Gasteiger partial charge in [0.25, 0.3) is 11.0 Å². The lowest BCUT2D eigenvalue weighted by Crippen LogP contribution is -2.27. The molecule has 15 heavy (non-hydrogen) atoms. The van der Waals surface area contributed by atoms with Crippen LogP contribution in [0.1, 0.15) is 14.7 Å². The van der Waals surface area contributed by atoms with Crippen LogP contribution in [-0.2, 0) is 4.84 Å². The standard InChI is InChI=1S/C7H9N3O4S/c1-5-4-9-7(15-5)6(11)8-2-3-14-10(12)13/h4H,2-3H2,1H3,(H,8,11). The number of carbonyl (C=O) groups excluding carboxylic acids is 1. The molecule has 0 spiro atoms. The smallest absolute Gasteiger partial charge is 0.294 e. The van der Waals surface area contributed by atoms with Gasteiger partial charge in [-0.15, -0.1) is 21.5 Å².